The third-order valence-corrected chi connectivity index (χ3v) is 9.26. The van der Waals surface area contributed by atoms with Gasteiger partial charge in [0.2, 0.25) is 0 Å². The lowest BCUT2D eigenvalue weighted by Gasteiger charge is -2.55. The average molecular weight is 443 g/mol. The standard InChI is InChI=1S/C28H30N2OS/c1-18-8-10-22(11-9-18)24-25(23-6-4-3-5-7-23)32-27(30(24)2)29-26(31)28-15-19-12-20(16-28)14-21(13-19)17-28/h3-11,19-21H,12-17H2,1-2H3. The Balaban J connectivity index is 1.46. The molecule has 4 bridgehead atoms. The lowest BCUT2D eigenvalue weighted by molar-refractivity contribution is -0.142. The van der Waals surface area contributed by atoms with Gasteiger partial charge in [0.1, 0.15) is 0 Å². The molecule has 4 saturated carbocycles. The quantitative estimate of drug-likeness (QED) is 0.464. The van der Waals surface area contributed by atoms with Gasteiger partial charge in [-0.2, -0.15) is 4.99 Å². The lowest BCUT2D eigenvalue weighted by Crippen LogP contribution is -2.49. The van der Waals surface area contributed by atoms with Crippen LogP contribution in [-0.4, -0.2) is 10.5 Å². The maximum absolute atomic E-state index is 13.7. The van der Waals surface area contributed by atoms with E-state index in [9.17, 15) is 4.79 Å². The van der Waals surface area contributed by atoms with E-state index in [1.807, 2.05) is 6.07 Å². The van der Waals surface area contributed by atoms with E-state index in [1.54, 1.807) is 11.3 Å². The molecule has 3 aromatic rings. The molecule has 0 N–H and O–H groups in total. The van der Waals surface area contributed by atoms with Crippen LogP contribution in [0.1, 0.15) is 44.1 Å². The van der Waals surface area contributed by atoms with E-state index >= 15 is 0 Å². The van der Waals surface area contributed by atoms with Crippen LogP contribution in [0.25, 0.3) is 21.7 Å². The summed E-state index contributed by atoms with van der Waals surface area (Å²) in [7, 11) is 2.06. The van der Waals surface area contributed by atoms with E-state index in [0.29, 0.717) is 0 Å². The number of hydrogen-bond donors (Lipinski definition) is 0. The second-order valence-electron chi connectivity index (χ2n) is 10.5. The van der Waals surface area contributed by atoms with Crippen molar-refractivity contribution in [2.45, 2.75) is 45.4 Å². The van der Waals surface area contributed by atoms with Gasteiger partial charge in [0.05, 0.1) is 16.0 Å². The molecule has 2 aromatic carbocycles. The Kier molecular flexibility index (Phi) is 4.76. The van der Waals surface area contributed by atoms with Crippen molar-refractivity contribution in [1.82, 2.24) is 4.57 Å². The summed E-state index contributed by atoms with van der Waals surface area (Å²) in [5.74, 6) is 2.39. The van der Waals surface area contributed by atoms with Gasteiger partial charge < -0.3 is 4.57 Å². The molecule has 32 heavy (non-hydrogen) atoms. The predicted molar refractivity (Wildman–Crippen MR) is 130 cm³/mol. The number of thiazole rings is 1. The molecule has 0 atom stereocenters. The van der Waals surface area contributed by atoms with Gasteiger partial charge in [-0.1, -0.05) is 71.5 Å². The molecule has 0 saturated heterocycles. The van der Waals surface area contributed by atoms with Crippen molar-refractivity contribution in [2.24, 2.45) is 35.2 Å². The van der Waals surface area contributed by atoms with Crippen molar-refractivity contribution < 1.29 is 4.79 Å². The fourth-order valence-corrected chi connectivity index (χ4v) is 8.10. The number of carbonyl (C=O) groups is 1. The molecule has 1 aromatic heterocycles. The maximum Gasteiger partial charge on any atom is 0.254 e. The molecule has 1 amide bonds. The topological polar surface area (TPSA) is 34.4 Å². The summed E-state index contributed by atoms with van der Waals surface area (Å²) >= 11 is 1.65. The number of benzene rings is 2. The molecule has 0 radical (unpaired) electrons. The highest BCUT2D eigenvalue weighted by Gasteiger charge is 2.54. The van der Waals surface area contributed by atoms with Crippen LogP contribution in [-0.2, 0) is 11.8 Å². The van der Waals surface area contributed by atoms with Crippen LogP contribution in [0.3, 0.4) is 0 Å². The van der Waals surface area contributed by atoms with E-state index in [0.717, 1.165) is 53.1 Å². The smallest absolute Gasteiger partial charge is 0.254 e. The van der Waals surface area contributed by atoms with Crippen LogP contribution in [0.4, 0.5) is 0 Å². The minimum absolute atomic E-state index is 0.142. The Bertz CT molecular complexity index is 1200. The van der Waals surface area contributed by atoms with Gasteiger partial charge in [-0.25, -0.2) is 0 Å². The number of hydrogen-bond acceptors (Lipinski definition) is 2. The Morgan fingerprint density at radius 3 is 2.09 bits per heavy atom. The van der Waals surface area contributed by atoms with Crippen LogP contribution in [0, 0.1) is 30.1 Å². The molecule has 4 heteroatoms. The SMILES string of the molecule is Cc1ccc(-c2c(-c3ccccc3)sc(=NC(=O)C34CC5CC(CC(C5)C3)C4)n2C)cc1. The predicted octanol–water partition coefficient (Wildman–Crippen LogP) is 6.37. The number of aryl methyl sites for hydroxylation is 1. The highest BCUT2D eigenvalue weighted by Crippen LogP contribution is 2.60. The van der Waals surface area contributed by atoms with Gasteiger partial charge in [-0.05, 0) is 74.3 Å². The molecule has 164 valence electrons. The zero-order valence-corrected chi connectivity index (χ0v) is 19.7. The normalized spacial score (nSPS) is 28.9. The van der Waals surface area contributed by atoms with Crippen molar-refractivity contribution in [2.75, 3.05) is 0 Å². The van der Waals surface area contributed by atoms with Gasteiger partial charge in [0.25, 0.3) is 5.91 Å². The fourth-order valence-electron chi connectivity index (χ4n) is 6.95. The van der Waals surface area contributed by atoms with Gasteiger partial charge in [-0.15, -0.1) is 0 Å². The lowest BCUT2D eigenvalue weighted by atomic mass is 9.49. The monoisotopic (exact) mass is 442 g/mol. The number of aromatic nitrogens is 1. The molecule has 0 aliphatic heterocycles. The molecular formula is C28H30N2OS. The summed E-state index contributed by atoms with van der Waals surface area (Å²) < 4.78 is 2.13. The second kappa shape index (κ2) is 7.55. The molecule has 0 spiro atoms. The van der Waals surface area contributed by atoms with Crippen molar-refractivity contribution in [3.05, 3.63) is 65.0 Å². The van der Waals surface area contributed by atoms with Gasteiger partial charge >= 0.3 is 0 Å². The number of nitrogens with zero attached hydrogens (tertiary/aromatic N) is 2. The zero-order chi connectivity index (χ0) is 21.9. The molecular weight excluding hydrogens is 412 g/mol. The fraction of sp³-hybridized carbons (Fsp3) is 0.429. The highest BCUT2D eigenvalue weighted by atomic mass is 32.1. The van der Waals surface area contributed by atoms with Crippen LogP contribution >= 0.6 is 11.3 Å². The highest BCUT2D eigenvalue weighted by molar-refractivity contribution is 7.13. The van der Waals surface area contributed by atoms with Crippen molar-refractivity contribution in [3.63, 3.8) is 0 Å². The van der Waals surface area contributed by atoms with Crippen LogP contribution in [0.5, 0.6) is 0 Å². The van der Waals surface area contributed by atoms with Gasteiger partial charge in [-0.3, -0.25) is 4.79 Å². The third-order valence-electron chi connectivity index (χ3n) is 8.08. The summed E-state index contributed by atoms with van der Waals surface area (Å²) in [6, 6.07) is 19.1. The molecule has 4 aliphatic rings. The van der Waals surface area contributed by atoms with Crippen LogP contribution < -0.4 is 4.80 Å². The molecule has 4 fully saturated rings. The van der Waals surface area contributed by atoms with E-state index in [4.69, 9.17) is 4.99 Å². The minimum Gasteiger partial charge on any atom is -0.319 e. The maximum atomic E-state index is 13.7. The van der Waals surface area contributed by atoms with E-state index in [2.05, 4.69) is 67.1 Å². The van der Waals surface area contributed by atoms with E-state index in [-0.39, 0.29) is 11.3 Å². The van der Waals surface area contributed by atoms with Crippen LogP contribution in [0.2, 0.25) is 0 Å². The first-order valence-electron chi connectivity index (χ1n) is 11.9. The summed E-state index contributed by atoms with van der Waals surface area (Å²) in [6.07, 6.45) is 7.21. The minimum atomic E-state index is -0.192. The Morgan fingerprint density at radius 1 is 0.906 bits per heavy atom. The van der Waals surface area contributed by atoms with Crippen molar-refractivity contribution >= 4 is 17.2 Å². The summed E-state index contributed by atoms with van der Waals surface area (Å²) in [4.78, 5) is 20.5. The second-order valence-corrected chi connectivity index (χ2v) is 11.4. The first-order chi connectivity index (χ1) is 15.5. The first-order valence-corrected chi connectivity index (χ1v) is 12.7. The number of rotatable bonds is 3. The Morgan fingerprint density at radius 2 is 1.50 bits per heavy atom. The van der Waals surface area contributed by atoms with Crippen LogP contribution in [0.15, 0.2) is 59.6 Å². The Labute approximate surface area is 193 Å². The third kappa shape index (κ3) is 3.31. The van der Waals surface area contributed by atoms with Gasteiger partial charge in [0.15, 0.2) is 4.80 Å². The summed E-state index contributed by atoms with van der Waals surface area (Å²) in [6.45, 7) is 2.11. The molecule has 3 nitrogen and oxygen atoms in total. The first kappa shape index (κ1) is 20.2. The molecule has 7 rings (SSSR count). The molecule has 4 aliphatic carbocycles. The molecule has 1 heterocycles. The van der Waals surface area contributed by atoms with E-state index < -0.39 is 0 Å². The average Bonchev–Trinajstić information content (AvgIpc) is 3.10. The summed E-state index contributed by atoms with van der Waals surface area (Å²) in [5.41, 5.74) is 4.53. The Hall–Kier alpha value is -2.46. The largest absolute Gasteiger partial charge is 0.319 e. The van der Waals surface area contributed by atoms with E-state index in [1.165, 1.54) is 35.3 Å². The van der Waals surface area contributed by atoms with Crippen molar-refractivity contribution in [3.8, 4) is 21.7 Å². The molecule has 0 unspecified atom stereocenters. The van der Waals surface area contributed by atoms with Crippen molar-refractivity contribution in [1.29, 1.82) is 0 Å². The number of amides is 1. The van der Waals surface area contributed by atoms with Gasteiger partial charge in [0, 0.05) is 7.05 Å². The summed E-state index contributed by atoms with van der Waals surface area (Å²) in [5, 5.41) is 0. The zero-order valence-electron chi connectivity index (χ0n) is 18.9. The number of carbonyl (C=O) groups excluding carboxylic acids is 1.